The number of fused-ring (bicyclic) bond motifs is 1. The molecule has 0 bridgehead atoms. The maximum Gasteiger partial charge on any atom is 0.195 e. The first-order chi connectivity index (χ1) is 9.25. The van der Waals surface area contributed by atoms with Gasteiger partial charge < -0.3 is 5.32 Å². The van der Waals surface area contributed by atoms with E-state index >= 15 is 0 Å². The zero-order valence-electron chi connectivity index (χ0n) is 13.2. The quantitative estimate of drug-likeness (QED) is 0.868. The summed E-state index contributed by atoms with van der Waals surface area (Å²) in [5.41, 5.74) is 1.66. The Balaban J connectivity index is 1.92. The Kier molecular flexibility index (Phi) is 3.12. The summed E-state index contributed by atoms with van der Waals surface area (Å²) >= 11 is 1.72. The monoisotopic (exact) mass is 291 g/mol. The van der Waals surface area contributed by atoms with Gasteiger partial charge in [-0.3, -0.25) is 4.40 Å². The van der Waals surface area contributed by atoms with Crippen LogP contribution in [0.3, 0.4) is 0 Å². The standard InChI is InChI=1S/C16H25N3S/c1-15(2,3)10-16(4,5)18-13-12(11-6-7-11)17-14-19(13)8-9-20-14/h8-9,11,18H,6-7,10H2,1-5H3. The van der Waals surface area contributed by atoms with Crippen LogP contribution in [0.15, 0.2) is 11.6 Å². The minimum atomic E-state index is 0.0692. The van der Waals surface area contributed by atoms with Gasteiger partial charge in [-0.25, -0.2) is 4.98 Å². The van der Waals surface area contributed by atoms with Gasteiger partial charge in [0.2, 0.25) is 0 Å². The van der Waals surface area contributed by atoms with E-state index in [2.05, 4.69) is 55.9 Å². The fourth-order valence-electron chi connectivity index (χ4n) is 3.26. The predicted octanol–water partition coefficient (Wildman–Crippen LogP) is 4.90. The molecular formula is C16H25N3S. The zero-order chi connectivity index (χ0) is 14.5. The van der Waals surface area contributed by atoms with Gasteiger partial charge in [0, 0.05) is 23.0 Å². The molecule has 0 atom stereocenters. The van der Waals surface area contributed by atoms with Gasteiger partial charge in [0.1, 0.15) is 5.82 Å². The topological polar surface area (TPSA) is 29.3 Å². The molecule has 0 amide bonds. The normalized spacial score (nSPS) is 16.9. The number of imidazole rings is 1. The van der Waals surface area contributed by atoms with Crippen LogP contribution in [0.5, 0.6) is 0 Å². The maximum absolute atomic E-state index is 4.83. The fourth-order valence-corrected chi connectivity index (χ4v) is 3.98. The molecule has 1 aliphatic rings. The molecule has 0 unspecified atom stereocenters. The van der Waals surface area contributed by atoms with E-state index in [1.54, 1.807) is 11.3 Å². The van der Waals surface area contributed by atoms with E-state index in [4.69, 9.17) is 4.98 Å². The lowest BCUT2D eigenvalue weighted by Crippen LogP contribution is -2.36. The molecule has 0 spiro atoms. The Labute approximate surface area is 125 Å². The molecule has 2 heterocycles. The second-order valence-electron chi connectivity index (χ2n) is 7.92. The first-order valence-corrected chi connectivity index (χ1v) is 8.37. The first kappa shape index (κ1) is 13.9. The van der Waals surface area contributed by atoms with Crippen LogP contribution in [0, 0.1) is 5.41 Å². The molecule has 0 saturated heterocycles. The van der Waals surface area contributed by atoms with Gasteiger partial charge in [0.05, 0.1) is 5.69 Å². The third kappa shape index (κ3) is 2.85. The maximum atomic E-state index is 4.83. The summed E-state index contributed by atoms with van der Waals surface area (Å²) in [6.07, 6.45) is 5.84. The van der Waals surface area contributed by atoms with Gasteiger partial charge >= 0.3 is 0 Å². The second kappa shape index (κ2) is 4.48. The molecule has 1 aliphatic carbocycles. The Morgan fingerprint density at radius 2 is 2.00 bits per heavy atom. The van der Waals surface area contributed by atoms with Gasteiger partial charge in [-0.15, -0.1) is 11.3 Å². The highest BCUT2D eigenvalue weighted by Crippen LogP contribution is 2.44. The molecule has 0 aliphatic heterocycles. The van der Waals surface area contributed by atoms with Crippen LogP contribution in [0.2, 0.25) is 0 Å². The smallest absolute Gasteiger partial charge is 0.195 e. The average Bonchev–Trinajstić information content (AvgIpc) is 2.90. The number of thiazole rings is 1. The summed E-state index contributed by atoms with van der Waals surface area (Å²) in [6, 6.07) is 0. The highest BCUT2D eigenvalue weighted by molar-refractivity contribution is 7.15. The Morgan fingerprint density at radius 3 is 2.60 bits per heavy atom. The van der Waals surface area contributed by atoms with Gasteiger partial charge in [-0.1, -0.05) is 20.8 Å². The molecule has 110 valence electrons. The summed E-state index contributed by atoms with van der Waals surface area (Å²) in [5.74, 6) is 1.90. The number of anilines is 1. The van der Waals surface area contributed by atoms with Gasteiger partial charge in [-0.2, -0.15) is 0 Å². The third-order valence-electron chi connectivity index (χ3n) is 3.68. The van der Waals surface area contributed by atoms with Crippen molar-refractivity contribution >= 4 is 22.1 Å². The van der Waals surface area contributed by atoms with E-state index in [-0.39, 0.29) is 5.54 Å². The second-order valence-corrected chi connectivity index (χ2v) is 8.79. The number of nitrogens with one attached hydrogen (secondary N) is 1. The largest absolute Gasteiger partial charge is 0.365 e. The molecule has 1 N–H and O–H groups in total. The fraction of sp³-hybridized carbons (Fsp3) is 0.688. The highest BCUT2D eigenvalue weighted by atomic mass is 32.1. The molecular weight excluding hydrogens is 266 g/mol. The SMILES string of the molecule is CC(C)(C)CC(C)(C)Nc1c(C2CC2)nc2sccn12. The van der Waals surface area contributed by atoms with Crippen molar-refractivity contribution in [3.63, 3.8) is 0 Å². The lowest BCUT2D eigenvalue weighted by atomic mass is 9.82. The number of nitrogens with zero attached hydrogens (tertiary/aromatic N) is 2. The van der Waals surface area contributed by atoms with Gasteiger partial charge in [0.25, 0.3) is 0 Å². The van der Waals surface area contributed by atoms with Crippen molar-refractivity contribution in [3.8, 4) is 0 Å². The van der Waals surface area contributed by atoms with E-state index in [9.17, 15) is 0 Å². The van der Waals surface area contributed by atoms with Crippen molar-refractivity contribution in [2.24, 2.45) is 5.41 Å². The van der Waals surface area contributed by atoms with Crippen molar-refractivity contribution in [2.45, 2.75) is 65.3 Å². The predicted molar refractivity (Wildman–Crippen MR) is 86.8 cm³/mol. The number of hydrogen-bond donors (Lipinski definition) is 1. The number of aromatic nitrogens is 2. The summed E-state index contributed by atoms with van der Waals surface area (Å²) in [7, 11) is 0. The minimum Gasteiger partial charge on any atom is -0.365 e. The molecule has 3 nitrogen and oxygen atoms in total. The van der Waals surface area contributed by atoms with Crippen molar-refractivity contribution in [3.05, 3.63) is 17.3 Å². The number of rotatable bonds is 4. The Hall–Kier alpha value is -1.03. The highest BCUT2D eigenvalue weighted by Gasteiger charge is 2.33. The number of hydrogen-bond acceptors (Lipinski definition) is 3. The molecule has 0 aromatic carbocycles. The van der Waals surface area contributed by atoms with E-state index in [0.29, 0.717) is 11.3 Å². The van der Waals surface area contributed by atoms with E-state index in [1.807, 2.05) is 0 Å². The van der Waals surface area contributed by atoms with E-state index in [0.717, 1.165) is 11.4 Å². The van der Waals surface area contributed by atoms with Crippen LogP contribution in [0.1, 0.15) is 65.5 Å². The lowest BCUT2D eigenvalue weighted by Gasteiger charge is -2.34. The summed E-state index contributed by atoms with van der Waals surface area (Å²) in [4.78, 5) is 5.95. The van der Waals surface area contributed by atoms with Crippen molar-refractivity contribution in [1.29, 1.82) is 0 Å². The molecule has 2 aromatic rings. The van der Waals surface area contributed by atoms with Crippen LogP contribution in [-0.2, 0) is 0 Å². The summed E-state index contributed by atoms with van der Waals surface area (Å²) < 4.78 is 2.22. The van der Waals surface area contributed by atoms with Gasteiger partial charge in [0.15, 0.2) is 4.96 Å². The summed E-state index contributed by atoms with van der Waals surface area (Å²) in [6.45, 7) is 11.5. The summed E-state index contributed by atoms with van der Waals surface area (Å²) in [5, 5.41) is 5.89. The Bertz CT molecular complexity index is 611. The van der Waals surface area contributed by atoms with E-state index < -0.39 is 0 Å². The van der Waals surface area contributed by atoms with Crippen molar-refractivity contribution in [1.82, 2.24) is 9.38 Å². The van der Waals surface area contributed by atoms with Crippen LogP contribution >= 0.6 is 11.3 Å². The molecule has 3 rings (SSSR count). The molecule has 0 radical (unpaired) electrons. The van der Waals surface area contributed by atoms with Crippen LogP contribution in [0.4, 0.5) is 5.82 Å². The molecule has 1 saturated carbocycles. The van der Waals surface area contributed by atoms with E-state index in [1.165, 1.54) is 24.4 Å². The molecule has 4 heteroatoms. The van der Waals surface area contributed by atoms with Crippen molar-refractivity contribution in [2.75, 3.05) is 5.32 Å². The van der Waals surface area contributed by atoms with Crippen LogP contribution in [0.25, 0.3) is 4.96 Å². The van der Waals surface area contributed by atoms with Crippen LogP contribution < -0.4 is 5.32 Å². The average molecular weight is 291 g/mol. The Morgan fingerprint density at radius 1 is 1.30 bits per heavy atom. The van der Waals surface area contributed by atoms with Gasteiger partial charge in [-0.05, 0) is 38.5 Å². The molecule has 2 aromatic heterocycles. The zero-order valence-corrected chi connectivity index (χ0v) is 14.0. The lowest BCUT2D eigenvalue weighted by molar-refractivity contribution is 0.302. The third-order valence-corrected chi connectivity index (χ3v) is 4.44. The molecule has 1 fully saturated rings. The minimum absolute atomic E-state index is 0.0692. The van der Waals surface area contributed by atoms with Crippen molar-refractivity contribution < 1.29 is 0 Å². The van der Waals surface area contributed by atoms with Crippen LogP contribution in [-0.4, -0.2) is 14.9 Å². The molecule has 20 heavy (non-hydrogen) atoms. The first-order valence-electron chi connectivity index (χ1n) is 7.49.